The second-order valence-corrected chi connectivity index (χ2v) is 5.49. The molecule has 0 rings (SSSR count). The third-order valence-corrected chi connectivity index (χ3v) is 3.43. The molecule has 1 unspecified atom stereocenters. The van der Waals surface area contributed by atoms with Crippen LogP contribution in [0, 0.1) is 0 Å². The maximum absolute atomic E-state index is 10.5. The van der Waals surface area contributed by atoms with Gasteiger partial charge in [-0.2, -0.15) is 0 Å². The average molecular weight is 294 g/mol. The van der Waals surface area contributed by atoms with Gasteiger partial charge in [0.15, 0.2) is 0 Å². The zero-order valence-electron chi connectivity index (χ0n) is 11.9. The van der Waals surface area contributed by atoms with Crippen molar-refractivity contribution in [3.63, 3.8) is 0 Å². The summed E-state index contributed by atoms with van der Waals surface area (Å²) < 4.78 is 16.0. The third kappa shape index (κ3) is 13.9. The lowest BCUT2D eigenvalue weighted by Crippen LogP contribution is -2.14. The molecule has 0 amide bonds. The molecule has 1 N–H and O–H groups in total. The van der Waals surface area contributed by atoms with Crippen molar-refractivity contribution in [1.82, 2.24) is 0 Å². The van der Waals surface area contributed by atoms with Gasteiger partial charge in [-0.05, 0) is 13.3 Å². The molecule has 5 nitrogen and oxygen atoms in total. The van der Waals surface area contributed by atoms with Gasteiger partial charge in [0.05, 0.1) is 38.3 Å². The van der Waals surface area contributed by atoms with E-state index in [-0.39, 0.29) is 5.25 Å². The highest BCUT2D eigenvalue weighted by molar-refractivity contribution is 8.00. The number of aliphatic carboxylic acids is 1. The maximum atomic E-state index is 10.5. The summed E-state index contributed by atoms with van der Waals surface area (Å²) in [4.78, 5) is 10.5. The molecule has 114 valence electrons. The zero-order valence-corrected chi connectivity index (χ0v) is 12.7. The summed E-state index contributed by atoms with van der Waals surface area (Å²) in [6.07, 6.45) is 2.24. The number of hydrogen-bond donors (Lipinski definition) is 1. The van der Waals surface area contributed by atoms with Crippen molar-refractivity contribution < 1.29 is 24.1 Å². The van der Waals surface area contributed by atoms with Crippen LogP contribution in [0.25, 0.3) is 0 Å². The van der Waals surface area contributed by atoms with E-state index in [4.69, 9.17) is 19.3 Å². The number of thioether (sulfide) groups is 1. The first-order valence-corrected chi connectivity index (χ1v) is 7.81. The number of carboxylic acids is 1. The topological polar surface area (TPSA) is 65.0 Å². The number of rotatable bonds is 14. The van der Waals surface area contributed by atoms with Crippen LogP contribution in [0.5, 0.6) is 0 Å². The first kappa shape index (κ1) is 18.7. The van der Waals surface area contributed by atoms with Gasteiger partial charge in [-0.3, -0.25) is 4.79 Å². The molecule has 0 radical (unpaired) electrons. The number of unbranched alkanes of at least 4 members (excludes halogenated alkanes) is 1. The van der Waals surface area contributed by atoms with E-state index in [0.29, 0.717) is 38.8 Å². The van der Waals surface area contributed by atoms with Crippen molar-refractivity contribution in [1.29, 1.82) is 0 Å². The van der Waals surface area contributed by atoms with Gasteiger partial charge in [-0.1, -0.05) is 13.3 Å². The van der Waals surface area contributed by atoms with Crippen molar-refractivity contribution in [2.75, 3.05) is 45.4 Å². The Morgan fingerprint density at radius 1 is 1.05 bits per heavy atom. The smallest absolute Gasteiger partial charge is 0.316 e. The van der Waals surface area contributed by atoms with E-state index in [1.54, 1.807) is 6.92 Å². The van der Waals surface area contributed by atoms with Crippen LogP contribution >= 0.6 is 11.8 Å². The molecule has 0 aromatic carbocycles. The molecular formula is C13H26O5S. The molecule has 0 aromatic rings. The molecule has 0 aliphatic rings. The van der Waals surface area contributed by atoms with E-state index in [9.17, 15) is 4.79 Å². The highest BCUT2D eigenvalue weighted by Gasteiger charge is 2.09. The van der Waals surface area contributed by atoms with E-state index in [2.05, 4.69) is 6.92 Å². The van der Waals surface area contributed by atoms with E-state index < -0.39 is 5.97 Å². The number of hydrogen-bond acceptors (Lipinski definition) is 5. The molecule has 1 atom stereocenters. The highest BCUT2D eigenvalue weighted by atomic mass is 32.2. The minimum Gasteiger partial charge on any atom is -0.480 e. The number of carbonyl (C=O) groups is 1. The molecule has 0 aliphatic heterocycles. The third-order valence-electron chi connectivity index (χ3n) is 2.33. The fourth-order valence-corrected chi connectivity index (χ4v) is 1.85. The molecule has 0 bridgehead atoms. The van der Waals surface area contributed by atoms with Crippen LogP contribution in [-0.2, 0) is 19.0 Å². The SMILES string of the molecule is CCCCOCCOCCOCCSC(C)C(=O)O. The summed E-state index contributed by atoms with van der Waals surface area (Å²) in [6, 6.07) is 0. The lowest BCUT2D eigenvalue weighted by Gasteiger charge is -2.08. The van der Waals surface area contributed by atoms with Crippen molar-refractivity contribution in [3.05, 3.63) is 0 Å². The number of ether oxygens (including phenoxy) is 3. The first-order valence-electron chi connectivity index (χ1n) is 6.76. The predicted molar refractivity (Wildman–Crippen MR) is 76.9 cm³/mol. The molecule has 19 heavy (non-hydrogen) atoms. The van der Waals surface area contributed by atoms with Gasteiger partial charge in [0, 0.05) is 12.4 Å². The lowest BCUT2D eigenvalue weighted by molar-refractivity contribution is -0.136. The quantitative estimate of drug-likeness (QED) is 0.495. The molecule has 0 saturated carbocycles. The second-order valence-electron chi connectivity index (χ2n) is 4.04. The van der Waals surface area contributed by atoms with Crippen LogP contribution in [0.1, 0.15) is 26.7 Å². The van der Waals surface area contributed by atoms with Gasteiger partial charge in [-0.25, -0.2) is 0 Å². The summed E-state index contributed by atoms with van der Waals surface area (Å²) in [5, 5.41) is 8.29. The Balaban J connectivity index is 3.05. The molecule has 0 aromatic heterocycles. The van der Waals surface area contributed by atoms with Crippen molar-refractivity contribution in [2.45, 2.75) is 31.9 Å². The van der Waals surface area contributed by atoms with Crippen LogP contribution in [0.4, 0.5) is 0 Å². The molecule has 0 fully saturated rings. The molecule has 0 saturated heterocycles. The molecule has 6 heteroatoms. The summed E-state index contributed by atoms with van der Waals surface area (Å²) in [5.41, 5.74) is 0. The standard InChI is InChI=1S/C13H26O5S/c1-3-4-5-16-6-7-17-8-9-18-10-11-19-12(2)13(14)15/h12H,3-11H2,1-2H3,(H,14,15). The van der Waals surface area contributed by atoms with E-state index in [1.807, 2.05) is 0 Å². The monoisotopic (exact) mass is 294 g/mol. The summed E-state index contributed by atoms with van der Waals surface area (Å²) >= 11 is 1.38. The lowest BCUT2D eigenvalue weighted by atomic mass is 10.4. The van der Waals surface area contributed by atoms with E-state index in [0.717, 1.165) is 19.4 Å². The summed E-state index contributed by atoms with van der Waals surface area (Å²) in [7, 11) is 0. The average Bonchev–Trinajstić information content (AvgIpc) is 2.39. The highest BCUT2D eigenvalue weighted by Crippen LogP contribution is 2.09. The largest absolute Gasteiger partial charge is 0.480 e. The van der Waals surface area contributed by atoms with Crippen molar-refractivity contribution in [3.8, 4) is 0 Å². The van der Waals surface area contributed by atoms with Gasteiger partial charge < -0.3 is 19.3 Å². The number of carboxylic acid groups (broad SMARTS) is 1. The van der Waals surface area contributed by atoms with E-state index in [1.165, 1.54) is 11.8 Å². The molecule has 0 heterocycles. The van der Waals surface area contributed by atoms with Gasteiger partial charge in [-0.15, -0.1) is 11.8 Å². The fourth-order valence-electron chi connectivity index (χ4n) is 1.14. The zero-order chi connectivity index (χ0) is 14.3. The Morgan fingerprint density at radius 3 is 2.11 bits per heavy atom. The van der Waals surface area contributed by atoms with Gasteiger partial charge in [0.1, 0.15) is 0 Å². The van der Waals surface area contributed by atoms with Crippen LogP contribution in [0.2, 0.25) is 0 Å². The van der Waals surface area contributed by atoms with Crippen LogP contribution in [0.15, 0.2) is 0 Å². The van der Waals surface area contributed by atoms with Gasteiger partial charge in [0.2, 0.25) is 0 Å². The Morgan fingerprint density at radius 2 is 1.58 bits per heavy atom. The van der Waals surface area contributed by atoms with Gasteiger partial charge >= 0.3 is 5.97 Å². The minimum absolute atomic E-state index is 0.375. The Bertz CT molecular complexity index is 213. The maximum Gasteiger partial charge on any atom is 0.316 e. The first-order chi connectivity index (χ1) is 9.18. The Kier molecular flexibility index (Phi) is 13.9. The van der Waals surface area contributed by atoms with Crippen LogP contribution in [0.3, 0.4) is 0 Å². The molecular weight excluding hydrogens is 268 g/mol. The normalized spacial score (nSPS) is 12.5. The minimum atomic E-state index is -0.781. The van der Waals surface area contributed by atoms with Crippen molar-refractivity contribution >= 4 is 17.7 Å². The van der Waals surface area contributed by atoms with Crippen LogP contribution < -0.4 is 0 Å². The van der Waals surface area contributed by atoms with E-state index >= 15 is 0 Å². The Labute approximate surface area is 120 Å². The molecule has 0 aliphatic carbocycles. The Hall–Kier alpha value is -0.300. The predicted octanol–water partition coefficient (Wildman–Crippen LogP) is 2.04. The van der Waals surface area contributed by atoms with Crippen LogP contribution in [-0.4, -0.2) is 61.7 Å². The summed E-state index contributed by atoms with van der Waals surface area (Å²) in [5.74, 6) is -0.0930. The fraction of sp³-hybridized carbons (Fsp3) is 0.923. The second kappa shape index (κ2) is 14.1. The van der Waals surface area contributed by atoms with Crippen molar-refractivity contribution in [2.24, 2.45) is 0 Å². The summed E-state index contributed by atoms with van der Waals surface area (Å²) in [6.45, 7) is 7.48. The van der Waals surface area contributed by atoms with Gasteiger partial charge in [0.25, 0.3) is 0 Å². The molecule has 0 spiro atoms.